The topological polar surface area (TPSA) is 43.4 Å². The van der Waals surface area contributed by atoms with Crippen LogP contribution in [0.4, 0.5) is 0 Å². The van der Waals surface area contributed by atoms with Crippen molar-refractivity contribution in [1.82, 2.24) is 0 Å². The van der Waals surface area contributed by atoms with Gasteiger partial charge in [-0.3, -0.25) is 9.59 Å². The highest BCUT2D eigenvalue weighted by molar-refractivity contribution is 9.10. The van der Waals surface area contributed by atoms with Crippen molar-refractivity contribution in [3.63, 3.8) is 0 Å². The van der Waals surface area contributed by atoms with Gasteiger partial charge in [-0.2, -0.15) is 0 Å². The summed E-state index contributed by atoms with van der Waals surface area (Å²) in [6, 6.07) is 14.4. The summed E-state index contributed by atoms with van der Waals surface area (Å²) < 4.78 is 5.82. The molecule has 0 spiro atoms. The van der Waals surface area contributed by atoms with Gasteiger partial charge in [0.1, 0.15) is 5.92 Å². The molecule has 0 aliphatic carbocycles. The fourth-order valence-electron chi connectivity index (χ4n) is 2.19. The van der Waals surface area contributed by atoms with E-state index in [0.29, 0.717) is 15.6 Å². The minimum Gasteiger partial charge on any atom is -0.465 e. The monoisotopic (exact) mass is 360 g/mol. The second kappa shape index (κ2) is 7.36. The highest BCUT2D eigenvalue weighted by atomic mass is 79.9. The Balaban J connectivity index is 2.44. The SMILES string of the molecule is CCOC(=O)C(C(=O)c1ccc(C)cc1)c1ccccc1Br. The smallest absolute Gasteiger partial charge is 0.321 e. The molecule has 2 aromatic rings. The van der Waals surface area contributed by atoms with Gasteiger partial charge in [0.25, 0.3) is 0 Å². The Kier molecular flexibility index (Phi) is 5.50. The van der Waals surface area contributed by atoms with Gasteiger partial charge in [-0.05, 0) is 25.5 Å². The van der Waals surface area contributed by atoms with Crippen LogP contribution in [0.5, 0.6) is 0 Å². The van der Waals surface area contributed by atoms with E-state index in [1.807, 2.05) is 31.2 Å². The van der Waals surface area contributed by atoms with Crippen LogP contribution in [0.15, 0.2) is 53.0 Å². The van der Waals surface area contributed by atoms with Gasteiger partial charge in [-0.15, -0.1) is 0 Å². The van der Waals surface area contributed by atoms with E-state index in [4.69, 9.17) is 4.74 Å². The first-order valence-corrected chi connectivity index (χ1v) is 7.85. The zero-order valence-corrected chi connectivity index (χ0v) is 14.1. The lowest BCUT2D eigenvalue weighted by Crippen LogP contribution is -2.24. The first kappa shape index (κ1) is 16.4. The van der Waals surface area contributed by atoms with E-state index in [9.17, 15) is 9.59 Å². The highest BCUT2D eigenvalue weighted by Crippen LogP contribution is 2.29. The van der Waals surface area contributed by atoms with E-state index in [1.54, 1.807) is 31.2 Å². The summed E-state index contributed by atoms with van der Waals surface area (Å²) in [5, 5.41) is 0. The van der Waals surface area contributed by atoms with E-state index in [0.717, 1.165) is 5.56 Å². The molecule has 22 heavy (non-hydrogen) atoms. The van der Waals surface area contributed by atoms with Gasteiger partial charge in [0.15, 0.2) is 5.78 Å². The lowest BCUT2D eigenvalue weighted by atomic mass is 9.90. The molecule has 3 nitrogen and oxygen atoms in total. The van der Waals surface area contributed by atoms with Crippen LogP contribution < -0.4 is 0 Å². The van der Waals surface area contributed by atoms with Crippen LogP contribution in [-0.4, -0.2) is 18.4 Å². The number of carbonyl (C=O) groups excluding carboxylic acids is 2. The first-order chi connectivity index (χ1) is 10.5. The fourth-order valence-corrected chi connectivity index (χ4v) is 2.71. The van der Waals surface area contributed by atoms with Gasteiger partial charge < -0.3 is 4.74 Å². The highest BCUT2D eigenvalue weighted by Gasteiger charge is 2.32. The molecule has 0 aromatic heterocycles. The summed E-state index contributed by atoms with van der Waals surface area (Å²) in [7, 11) is 0. The number of benzene rings is 2. The molecule has 114 valence electrons. The average molecular weight is 361 g/mol. The van der Waals surface area contributed by atoms with Crippen LogP contribution >= 0.6 is 15.9 Å². The number of hydrogen-bond donors (Lipinski definition) is 0. The van der Waals surface area contributed by atoms with Crippen molar-refractivity contribution in [1.29, 1.82) is 0 Å². The van der Waals surface area contributed by atoms with Gasteiger partial charge >= 0.3 is 5.97 Å². The van der Waals surface area contributed by atoms with E-state index in [1.165, 1.54) is 0 Å². The quantitative estimate of drug-likeness (QED) is 0.453. The van der Waals surface area contributed by atoms with Crippen LogP contribution in [0.2, 0.25) is 0 Å². The molecule has 2 rings (SSSR count). The minimum absolute atomic E-state index is 0.237. The predicted molar refractivity (Wildman–Crippen MR) is 89.0 cm³/mol. The number of hydrogen-bond acceptors (Lipinski definition) is 3. The van der Waals surface area contributed by atoms with Gasteiger partial charge in [-0.25, -0.2) is 0 Å². The molecule has 0 aliphatic rings. The molecular formula is C18H17BrO3. The lowest BCUT2D eigenvalue weighted by Gasteiger charge is -2.16. The fraction of sp³-hybridized carbons (Fsp3) is 0.222. The molecule has 0 saturated carbocycles. The summed E-state index contributed by atoms with van der Waals surface area (Å²) in [6.45, 7) is 3.91. The summed E-state index contributed by atoms with van der Waals surface area (Å²) in [5.41, 5.74) is 2.18. The van der Waals surface area contributed by atoms with Crippen molar-refractivity contribution >= 4 is 27.7 Å². The number of Topliss-reactive ketones (excluding diaryl/α,β-unsaturated/α-hetero) is 1. The second-order valence-corrected chi connectivity index (χ2v) is 5.79. The normalized spacial score (nSPS) is 11.8. The van der Waals surface area contributed by atoms with Crippen LogP contribution in [0.3, 0.4) is 0 Å². The molecule has 1 unspecified atom stereocenters. The number of rotatable bonds is 5. The molecule has 0 aliphatic heterocycles. The summed E-state index contributed by atoms with van der Waals surface area (Å²) in [5.74, 6) is -1.75. The van der Waals surface area contributed by atoms with Gasteiger partial charge in [-0.1, -0.05) is 64.0 Å². The molecule has 0 bridgehead atoms. The summed E-state index contributed by atoms with van der Waals surface area (Å²) >= 11 is 3.41. The van der Waals surface area contributed by atoms with Crippen LogP contribution in [0.25, 0.3) is 0 Å². The third-order valence-corrected chi connectivity index (χ3v) is 4.06. The van der Waals surface area contributed by atoms with Crippen molar-refractivity contribution in [3.8, 4) is 0 Å². The molecular weight excluding hydrogens is 344 g/mol. The maximum Gasteiger partial charge on any atom is 0.321 e. The molecule has 0 fully saturated rings. The van der Waals surface area contributed by atoms with E-state index in [-0.39, 0.29) is 12.4 Å². The number of ether oxygens (including phenoxy) is 1. The third-order valence-electron chi connectivity index (χ3n) is 3.34. The summed E-state index contributed by atoms with van der Waals surface area (Å²) in [6.07, 6.45) is 0. The lowest BCUT2D eigenvalue weighted by molar-refractivity contribution is -0.143. The second-order valence-electron chi connectivity index (χ2n) is 4.94. The standard InChI is InChI=1S/C18H17BrO3/c1-3-22-18(21)16(14-6-4-5-7-15(14)19)17(20)13-10-8-12(2)9-11-13/h4-11,16H,3H2,1-2H3. The molecule has 0 N–H and O–H groups in total. The zero-order chi connectivity index (χ0) is 16.1. The van der Waals surface area contributed by atoms with Crippen LogP contribution in [0.1, 0.15) is 34.3 Å². The first-order valence-electron chi connectivity index (χ1n) is 7.06. The average Bonchev–Trinajstić information content (AvgIpc) is 2.50. The molecule has 2 aromatic carbocycles. The van der Waals surface area contributed by atoms with Gasteiger partial charge in [0, 0.05) is 10.0 Å². The Morgan fingerprint density at radius 1 is 1.09 bits per heavy atom. The van der Waals surface area contributed by atoms with Gasteiger partial charge in [0.2, 0.25) is 0 Å². The van der Waals surface area contributed by atoms with Crippen molar-refractivity contribution in [2.24, 2.45) is 0 Å². The molecule has 0 amide bonds. The Hall–Kier alpha value is -1.94. The maximum absolute atomic E-state index is 12.8. The predicted octanol–water partition coefficient (Wildman–Crippen LogP) is 4.29. The van der Waals surface area contributed by atoms with E-state index in [2.05, 4.69) is 15.9 Å². The van der Waals surface area contributed by atoms with E-state index >= 15 is 0 Å². The Morgan fingerprint density at radius 2 is 1.73 bits per heavy atom. The zero-order valence-electron chi connectivity index (χ0n) is 12.5. The third kappa shape index (κ3) is 3.63. The Bertz CT molecular complexity index is 677. The van der Waals surface area contributed by atoms with Crippen molar-refractivity contribution in [2.75, 3.05) is 6.61 Å². The molecule has 0 radical (unpaired) electrons. The van der Waals surface area contributed by atoms with Crippen molar-refractivity contribution in [3.05, 3.63) is 69.7 Å². The molecule has 1 atom stereocenters. The van der Waals surface area contributed by atoms with Crippen LogP contribution in [-0.2, 0) is 9.53 Å². The van der Waals surface area contributed by atoms with Crippen molar-refractivity contribution < 1.29 is 14.3 Å². The van der Waals surface area contributed by atoms with Crippen LogP contribution in [0, 0.1) is 6.92 Å². The largest absolute Gasteiger partial charge is 0.465 e. The number of aryl methyl sites for hydroxylation is 1. The number of esters is 1. The Morgan fingerprint density at radius 3 is 2.32 bits per heavy atom. The van der Waals surface area contributed by atoms with Gasteiger partial charge in [0.05, 0.1) is 6.61 Å². The number of halogens is 1. The Labute approximate surface area is 138 Å². The van der Waals surface area contributed by atoms with Crippen molar-refractivity contribution in [2.45, 2.75) is 19.8 Å². The number of ketones is 1. The minimum atomic E-state index is -0.960. The maximum atomic E-state index is 12.8. The van der Waals surface area contributed by atoms with E-state index < -0.39 is 11.9 Å². The molecule has 0 heterocycles. The molecule has 0 saturated heterocycles. The number of carbonyl (C=O) groups is 2. The summed E-state index contributed by atoms with van der Waals surface area (Å²) in [4.78, 5) is 25.1. The molecule has 4 heteroatoms.